The van der Waals surface area contributed by atoms with Crippen LogP contribution in [0.4, 0.5) is 10.5 Å². The third-order valence-corrected chi connectivity index (χ3v) is 2.10. The van der Waals surface area contributed by atoms with E-state index in [1.54, 1.807) is 36.4 Å². The lowest BCUT2D eigenvalue weighted by Crippen LogP contribution is -2.64. The second-order valence-corrected chi connectivity index (χ2v) is 3.16. The van der Waals surface area contributed by atoms with Gasteiger partial charge in [0.15, 0.2) is 6.04 Å². The molecule has 2 rings (SSSR count). The number of amides is 3. The summed E-state index contributed by atoms with van der Waals surface area (Å²) in [6.45, 7) is 0. The first-order valence-corrected chi connectivity index (χ1v) is 4.58. The highest BCUT2D eigenvalue weighted by atomic mass is 16.2. The highest BCUT2D eigenvalue weighted by Crippen LogP contribution is 2.13. The van der Waals surface area contributed by atoms with Gasteiger partial charge in [0, 0.05) is 0 Å². The van der Waals surface area contributed by atoms with Crippen LogP contribution in [0.5, 0.6) is 0 Å². The molecule has 1 heterocycles. The number of urea groups is 1. The predicted octanol–water partition coefficient (Wildman–Crippen LogP) is 0.140. The minimum absolute atomic E-state index is 0.563. The first-order chi connectivity index (χ1) is 7.72. The zero-order chi connectivity index (χ0) is 11.5. The second kappa shape index (κ2) is 4.00. The van der Waals surface area contributed by atoms with Crippen LogP contribution in [0.1, 0.15) is 0 Å². The number of nitrogens with one attached hydrogen (secondary N) is 2. The maximum atomic E-state index is 11.5. The number of nitriles is 1. The fourth-order valence-corrected chi connectivity index (χ4v) is 1.34. The molecule has 6 heteroatoms. The van der Waals surface area contributed by atoms with E-state index in [9.17, 15) is 9.59 Å². The summed E-state index contributed by atoms with van der Waals surface area (Å²) < 4.78 is 0. The molecule has 0 aromatic heterocycles. The number of rotatable bonds is 1. The highest BCUT2D eigenvalue weighted by Gasteiger charge is 2.32. The first-order valence-electron chi connectivity index (χ1n) is 4.58. The molecule has 1 aliphatic heterocycles. The van der Waals surface area contributed by atoms with Crippen molar-refractivity contribution in [2.75, 3.05) is 5.01 Å². The molecular formula is C10H8N4O2. The Hall–Kier alpha value is -2.39. The van der Waals surface area contributed by atoms with Gasteiger partial charge in [-0.3, -0.25) is 10.1 Å². The number of carbonyl (C=O) groups is 2. The summed E-state index contributed by atoms with van der Waals surface area (Å²) in [7, 11) is 0. The molecule has 1 fully saturated rings. The number of hydrazine groups is 1. The average Bonchev–Trinajstić information content (AvgIpc) is 2.30. The average molecular weight is 216 g/mol. The van der Waals surface area contributed by atoms with Crippen molar-refractivity contribution in [3.63, 3.8) is 0 Å². The number of para-hydroxylation sites is 1. The predicted molar refractivity (Wildman–Crippen MR) is 55.0 cm³/mol. The number of anilines is 1. The van der Waals surface area contributed by atoms with E-state index in [0.29, 0.717) is 5.69 Å². The number of imide groups is 1. The van der Waals surface area contributed by atoms with Gasteiger partial charge in [-0.15, -0.1) is 0 Å². The highest BCUT2D eigenvalue weighted by molar-refractivity contribution is 6.07. The van der Waals surface area contributed by atoms with E-state index in [0.717, 1.165) is 5.01 Å². The SMILES string of the molecule is N#CC1NN(c2ccccc2)C(=O)NC1=O. The van der Waals surface area contributed by atoms with Crippen molar-refractivity contribution in [3.05, 3.63) is 30.3 Å². The van der Waals surface area contributed by atoms with Gasteiger partial charge in [0.25, 0.3) is 5.91 Å². The molecule has 1 aliphatic rings. The molecule has 2 N–H and O–H groups in total. The lowest BCUT2D eigenvalue weighted by atomic mass is 10.2. The van der Waals surface area contributed by atoms with E-state index in [-0.39, 0.29) is 0 Å². The Labute approximate surface area is 91.4 Å². The molecule has 80 valence electrons. The largest absolute Gasteiger partial charge is 0.343 e. The van der Waals surface area contributed by atoms with Crippen LogP contribution in [-0.2, 0) is 4.79 Å². The molecule has 1 aromatic rings. The Morgan fingerprint density at radius 2 is 1.94 bits per heavy atom. The monoisotopic (exact) mass is 216 g/mol. The quantitative estimate of drug-likeness (QED) is 0.699. The van der Waals surface area contributed by atoms with E-state index in [1.165, 1.54) is 0 Å². The van der Waals surface area contributed by atoms with E-state index >= 15 is 0 Å². The molecule has 3 amide bonds. The van der Waals surface area contributed by atoms with E-state index in [1.807, 2.05) is 0 Å². The van der Waals surface area contributed by atoms with E-state index in [2.05, 4.69) is 10.7 Å². The minimum atomic E-state index is -1.06. The van der Waals surface area contributed by atoms with Gasteiger partial charge in [-0.25, -0.2) is 9.80 Å². The lowest BCUT2D eigenvalue weighted by molar-refractivity contribution is -0.121. The zero-order valence-corrected chi connectivity index (χ0v) is 8.18. The summed E-state index contributed by atoms with van der Waals surface area (Å²) >= 11 is 0. The summed E-state index contributed by atoms with van der Waals surface area (Å²) in [5.41, 5.74) is 3.09. The number of carbonyl (C=O) groups excluding carboxylic acids is 2. The van der Waals surface area contributed by atoms with Gasteiger partial charge in [0.2, 0.25) is 0 Å². The Morgan fingerprint density at radius 1 is 1.25 bits per heavy atom. The molecule has 0 spiro atoms. The molecule has 1 aromatic carbocycles. The van der Waals surface area contributed by atoms with Gasteiger partial charge < -0.3 is 0 Å². The summed E-state index contributed by atoms with van der Waals surface area (Å²) in [5.74, 6) is -0.639. The van der Waals surface area contributed by atoms with Crippen molar-refractivity contribution in [2.45, 2.75) is 6.04 Å². The maximum Gasteiger partial charge on any atom is 0.343 e. The van der Waals surface area contributed by atoms with Crippen molar-refractivity contribution >= 4 is 17.6 Å². The van der Waals surface area contributed by atoms with Gasteiger partial charge in [0.1, 0.15) is 0 Å². The standard InChI is InChI=1S/C10H8N4O2/c11-6-8-9(15)12-10(16)14(13-8)7-4-2-1-3-5-7/h1-5,8,13H,(H,12,15,16). The van der Waals surface area contributed by atoms with Crippen LogP contribution in [0.3, 0.4) is 0 Å². The smallest absolute Gasteiger partial charge is 0.274 e. The van der Waals surface area contributed by atoms with Gasteiger partial charge in [-0.1, -0.05) is 18.2 Å². The third-order valence-electron chi connectivity index (χ3n) is 2.10. The van der Waals surface area contributed by atoms with Crippen molar-refractivity contribution < 1.29 is 9.59 Å². The zero-order valence-electron chi connectivity index (χ0n) is 8.18. The van der Waals surface area contributed by atoms with Crippen LogP contribution in [0.15, 0.2) is 30.3 Å². The molecule has 1 atom stereocenters. The molecule has 0 aliphatic carbocycles. The van der Waals surface area contributed by atoms with Crippen molar-refractivity contribution in [3.8, 4) is 6.07 Å². The number of hydrogen-bond donors (Lipinski definition) is 2. The van der Waals surface area contributed by atoms with Gasteiger partial charge in [0.05, 0.1) is 11.8 Å². The molecule has 1 unspecified atom stereocenters. The fourth-order valence-electron chi connectivity index (χ4n) is 1.34. The summed E-state index contributed by atoms with van der Waals surface area (Å²) in [4.78, 5) is 22.7. The topological polar surface area (TPSA) is 85.2 Å². The minimum Gasteiger partial charge on any atom is -0.274 e. The summed E-state index contributed by atoms with van der Waals surface area (Å²) in [5, 5.41) is 11.9. The Kier molecular flexibility index (Phi) is 2.54. The van der Waals surface area contributed by atoms with E-state index < -0.39 is 18.0 Å². The van der Waals surface area contributed by atoms with Gasteiger partial charge in [-0.2, -0.15) is 10.7 Å². The van der Waals surface area contributed by atoms with E-state index in [4.69, 9.17) is 5.26 Å². The normalized spacial score (nSPS) is 20.2. The van der Waals surface area contributed by atoms with Crippen molar-refractivity contribution in [2.24, 2.45) is 0 Å². The molecule has 16 heavy (non-hydrogen) atoms. The number of benzene rings is 1. The van der Waals surface area contributed by atoms with Crippen LogP contribution < -0.4 is 15.8 Å². The Balaban J connectivity index is 2.26. The van der Waals surface area contributed by atoms with Crippen LogP contribution >= 0.6 is 0 Å². The van der Waals surface area contributed by atoms with Crippen molar-refractivity contribution in [1.82, 2.24) is 10.7 Å². The summed E-state index contributed by atoms with van der Waals surface area (Å²) in [6, 6.07) is 8.80. The number of hydrogen-bond acceptors (Lipinski definition) is 4. The first kappa shape index (κ1) is 10.1. The van der Waals surface area contributed by atoms with Crippen molar-refractivity contribution in [1.29, 1.82) is 5.26 Å². The lowest BCUT2D eigenvalue weighted by Gasteiger charge is -2.29. The maximum absolute atomic E-state index is 11.5. The molecule has 1 saturated heterocycles. The number of nitrogens with zero attached hydrogens (tertiary/aromatic N) is 2. The third kappa shape index (κ3) is 1.71. The molecule has 0 bridgehead atoms. The molecule has 6 nitrogen and oxygen atoms in total. The Morgan fingerprint density at radius 3 is 2.56 bits per heavy atom. The summed E-state index contributed by atoms with van der Waals surface area (Å²) in [6.07, 6.45) is 0. The Bertz CT molecular complexity index is 465. The molecule has 0 saturated carbocycles. The van der Waals surface area contributed by atoms with Crippen LogP contribution in [0, 0.1) is 11.3 Å². The fraction of sp³-hybridized carbons (Fsp3) is 0.100. The van der Waals surface area contributed by atoms with Gasteiger partial charge >= 0.3 is 6.03 Å². The van der Waals surface area contributed by atoms with Crippen LogP contribution in [0.2, 0.25) is 0 Å². The van der Waals surface area contributed by atoms with Gasteiger partial charge in [-0.05, 0) is 12.1 Å². The molecule has 0 radical (unpaired) electrons. The second-order valence-electron chi connectivity index (χ2n) is 3.16. The van der Waals surface area contributed by atoms with Crippen LogP contribution in [0.25, 0.3) is 0 Å². The van der Waals surface area contributed by atoms with Crippen LogP contribution in [-0.4, -0.2) is 18.0 Å². The molecular weight excluding hydrogens is 208 g/mol.